The van der Waals surface area contributed by atoms with Crippen molar-refractivity contribution in [2.75, 3.05) is 5.75 Å². The molecule has 1 aliphatic heterocycles. The second-order valence-electron chi connectivity index (χ2n) is 4.57. The average Bonchev–Trinajstić information content (AvgIpc) is 2.34. The number of unbranched alkanes of at least 4 members (excludes halogenated alkanes) is 1. The summed E-state index contributed by atoms with van der Waals surface area (Å²) in [5.74, 6) is -0.180. The third kappa shape index (κ3) is 4.10. The van der Waals surface area contributed by atoms with Crippen molar-refractivity contribution in [3.8, 4) is 0 Å². The number of carbonyl (C=O) groups is 3. The largest absolute Gasteiger partial charge is 0.328 e. The van der Waals surface area contributed by atoms with Crippen molar-refractivity contribution in [3.63, 3.8) is 0 Å². The van der Waals surface area contributed by atoms with E-state index in [-0.39, 0.29) is 41.2 Å². The van der Waals surface area contributed by atoms with Gasteiger partial charge in [0.1, 0.15) is 5.41 Å². The average molecular weight is 307 g/mol. The van der Waals surface area contributed by atoms with E-state index in [0.29, 0.717) is 0 Å². The Morgan fingerprint density at radius 1 is 1.30 bits per heavy atom. The Morgan fingerprint density at radius 3 is 2.30 bits per heavy atom. The zero-order valence-corrected chi connectivity index (χ0v) is 15.1. The van der Waals surface area contributed by atoms with Crippen molar-refractivity contribution >= 4 is 59.2 Å². The molecule has 0 spiro atoms. The van der Waals surface area contributed by atoms with Gasteiger partial charge in [0, 0.05) is 34.8 Å². The number of urea groups is 1. The number of hydrogen-bond donors (Lipinski definition) is 2. The zero-order valence-electron chi connectivity index (χ0n) is 12.3. The fourth-order valence-electron chi connectivity index (χ4n) is 2.06. The number of rotatable bonds is 7. The van der Waals surface area contributed by atoms with Crippen molar-refractivity contribution in [2.45, 2.75) is 38.4 Å². The Morgan fingerprint density at radius 2 is 1.85 bits per heavy atom. The molecule has 2 N–H and O–H groups in total. The summed E-state index contributed by atoms with van der Waals surface area (Å²) < 4.78 is 0. The number of nitrogens with one attached hydrogen (secondary N) is 2. The summed E-state index contributed by atoms with van der Waals surface area (Å²) in [4.78, 5) is 35.5. The van der Waals surface area contributed by atoms with Crippen LogP contribution in [0.1, 0.15) is 33.1 Å². The van der Waals surface area contributed by atoms with Gasteiger partial charge in [0.05, 0.1) is 0 Å². The van der Waals surface area contributed by atoms with E-state index in [1.807, 2.05) is 6.92 Å². The molecule has 1 unspecified atom stereocenters. The maximum Gasteiger partial charge on any atom is 0.328 e. The first-order chi connectivity index (χ1) is 8.98. The van der Waals surface area contributed by atoms with Crippen molar-refractivity contribution in [3.05, 3.63) is 12.7 Å². The Bertz CT molecular complexity index is 381. The molecule has 1 saturated heterocycles. The van der Waals surface area contributed by atoms with Crippen LogP contribution >= 0.6 is 11.8 Å². The summed E-state index contributed by atoms with van der Waals surface area (Å²) in [6, 6.07) is -0.750. The predicted molar refractivity (Wildman–Crippen MR) is 81.5 cm³/mol. The Labute approximate surface area is 146 Å². The molecule has 20 heavy (non-hydrogen) atoms. The summed E-state index contributed by atoms with van der Waals surface area (Å²) in [6.07, 6.45) is 3.86. The van der Waals surface area contributed by atoms with E-state index < -0.39 is 23.3 Å². The van der Waals surface area contributed by atoms with Crippen LogP contribution in [-0.2, 0) is 9.59 Å². The van der Waals surface area contributed by atoms with Crippen LogP contribution in [0.25, 0.3) is 0 Å². The minimum atomic E-state index is -1.24. The number of allylic oxidation sites excluding steroid dienone is 1. The second-order valence-corrected chi connectivity index (χ2v) is 6.02. The molecule has 1 aliphatic rings. The number of barbiturate groups is 1. The third-order valence-corrected chi connectivity index (χ3v) is 4.72. The van der Waals surface area contributed by atoms with Gasteiger partial charge in [-0.1, -0.05) is 26.3 Å². The molecule has 0 aromatic heterocycles. The van der Waals surface area contributed by atoms with Gasteiger partial charge in [0.15, 0.2) is 0 Å². The van der Waals surface area contributed by atoms with Crippen LogP contribution in [0.4, 0.5) is 4.79 Å². The van der Waals surface area contributed by atoms with Gasteiger partial charge in [-0.15, -0.1) is 6.58 Å². The minimum absolute atomic E-state index is 0. The summed E-state index contributed by atoms with van der Waals surface area (Å²) in [6.45, 7) is 7.55. The molecule has 0 bridgehead atoms. The molecule has 1 fully saturated rings. The Balaban J connectivity index is 0.00000361. The molecule has 5 nitrogen and oxygen atoms in total. The van der Waals surface area contributed by atoms with E-state index in [9.17, 15) is 14.4 Å². The fraction of sp³-hybridized carbons (Fsp3) is 0.615. The van der Waals surface area contributed by atoms with E-state index in [1.165, 1.54) is 0 Å². The quantitative estimate of drug-likeness (QED) is 0.323. The first kappa shape index (κ1) is 19.7. The number of imide groups is 2. The Hall–Kier alpha value is -0.300. The predicted octanol–water partition coefficient (Wildman–Crippen LogP) is 1.46. The van der Waals surface area contributed by atoms with Gasteiger partial charge in [-0.3, -0.25) is 20.2 Å². The SMILES string of the molecule is C=CCC1(C(C)SCCCC)C(=O)NC(=O)NC1=O.[Na]. The van der Waals surface area contributed by atoms with Crippen LogP contribution in [0, 0.1) is 5.41 Å². The topological polar surface area (TPSA) is 75.3 Å². The molecule has 0 aliphatic carbocycles. The smallest absolute Gasteiger partial charge is 0.277 e. The van der Waals surface area contributed by atoms with E-state index in [2.05, 4.69) is 24.1 Å². The number of hydrogen-bond acceptors (Lipinski definition) is 4. The monoisotopic (exact) mass is 307 g/mol. The normalized spacial score (nSPS) is 18.6. The van der Waals surface area contributed by atoms with Crippen LogP contribution in [0.3, 0.4) is 0 Å². The minimum Gasteiger partial charge on any atom is -0.277 e. The van der Waals surface area contributed by atoms with Gasteiger partial charge in [0.2, 0.25) is 11.8 Å². The molecule has 0 aromatic rings. The number of amides is 4. The van der Waals surface area contributed by atoms with Crippen molar-refractivity contribution in [1.82, 2.24) is 10.6 Å². The van der Waals surface area contributed by atoms with Crippen LogP contribution < -0.4 is 10.6 Å². The van der Waals surface area contributed by atoms with E-state index in [0.717, 1.165) is 18.6 Å². The maximum absolute atomic E-state index is 12.1. The first-order valence-corrected chi connectivity index (χ1v) is 7.43. The molecule has 4 amide bonds. The molecule has 1 heterocycles. The molecule has 1 rings (SSSR count). The van der Waals surface area contributed by atoms with Crippen LogP contribution in [0.5, 0.6) is 0 Å². The molecular formula is C13H20N2NaO3S. The van der Waals surface area contributed by atoms with Gasteiger partial charge >= 0.3 is 6.03 Å². The summed E-state index contributed by atoms with van der Waals surface area (Å²) in [5, 5.41) is 4.15. The van der Waals surface area contributed by atoms with Crippen molar-refractivity contribution < 1.29 is 14.4 Å². The van der Waals surface area contributed by atoms with Gasteiger partial charge in [-0.25, -0.2) is 4.79 Å². The van der Waals surface area contributed by atoms with Crippen LogP contribution in [0.2, 0.25) is 0 Å². The van der Waals surface area contributed by atoms with E-state index in [4.69, 9.17) is 0 Å². The fourth-order valence-corrected chi connectivity index (χ4v) is 3.46. The van der Waals surface area contributed by atoms with Crippen LogP contribution in [-0.4, -0.2) is 58.4 Å². The summed E-state index contributed by atoms with van der Waals surface area (Å²) in [5.41, 5.74) is -1.24. The molecule has 107 valence electrons. The van der Waals surface area contributed by atoms with E-state index in [1.54, 1.807) is 17.8 Å². The van der Waals surface area contributed by atoms with Gasteiger partial charge < -0.3 is 0 Å². The van der Waals surface area contributed by atoms with Gasteiger partial charge in [0.25, 0.3) is 0 Å². The molecule has 0 saturated carbocycles. The zero-order chi connectivity index (χ0) is 14.5. The summed E-state index contributed by atoms with van der Waals surface area (Å²) in [7, 11) is 0. The number of thioether (sulfide) groups is 1. The van der Waals surface area contributed by atoms with Crippen molar-refractivity contribution in [2.24, 2.45) is 5.41 Å². The van der Waals surface area contributed by atoms with Gasteiger partial charge in [-0.2, -0.15) is 11.8 Å². The molecule has 7 heteroatoms. The maximum atomic E-state index is 12.1. The van der Waals surface area contributed by atoms with Crippen molar-refractivity contribution in [1.29, 1.82) is 0 Å². The second kappa shape index (κ2) is 8.87. The standard InChI is InChI=1S/C13H20N2O3S.Na/c1-4-6-8-19-9(3)13(7-5-2)10(16)14-12(18)15-11(13)17;/h5,9H,2,4,6-8H2,1,3H3,(H2,14,15,16,17,18);. The first-order valence-electron chi connectivity index (χ1n) is 6.38. The molecular weight excluding hydrogens is 287 g/mol. The van der Waals surface area contributed by atoms with Gasteiger partial charge in [-0.05, 0) is 18.6 Å². The molecule has 1 radical (unpaired) electrons. The molecule has 0 aromatic carbocycles. The number of carbonyl (C=O) groups excluding carboxylic acids is 3. The summed E-state index contributed by atoms with van der Waals surface area (Å²) >= 11 is 1.57. The van der Waals surface area contributed by atoms with E-state index >= 15 is 0 Å². The molecule has 1 atom stereocenters. The Kier molecular flexibility index (Phi) is 8.74. The third-order valence-electron chi connectivity index (χ3n) is 3.29. The van der Waals surface area contributed by atoms with Crippen LogP contribution in [0.15, 0.2) is 12.7 Å².